The number of sulfonamides is 1. The Bertz CT molecular complexity index is 956. The lowest BCUT2D eigenvalue weighted by Gasteiger charge is -2.37. The van der Waals surface area contributed by atoms with Crippen molar-refractivity contribution >= 4 is 16.0 Å². The molecule has 10 heteroatoms. The highest BCUT2D eigenvalue weighted by molar-refractivity contribution is 7.89. The van der Waals surface area contributed by atoms with Crippen molar-refractivity contribution in [3.05, 3.63) is 48.8 Å². The van der Waals surface area contributed by atoms with Crippen LogP contribution in [0.25, 0.3) is 0 Å². The zero-order valence-corrected chi connectivity index (χ0v) is 20.2. The van der Waals surface area contributed by atoms with E-state index in [2.05, 4.69) is 6.58 Å². The molecule has 1 saturated carbocycles. The van der Waals surface area contributed by atoms with Crippen molar-refractivity contribution in [2.24, 2.45) is 11.8 Å². The molecule has 1 aromatic rings. The van der Waals surface area contributed by atoms with Crippen LogP contribution in [0.1, 0.15) is 25.7 Å². The molecular weight excluding hydrogens is 462 g/mol. The third-order valence-electron chi connectivity index (χ3n) is 6.07. The van der Waals surface area contributed by atoms with Gasteiger partial charge < -0.3 is 24.1 Å². The molecule has 2 aliphatic rings. The number of rotatable bonds is 13. The molecule has 9 nitrogen and oxygen atoms in total. The molecule has 0 bridgehead atoms. The highest BCUT2D eigenvalue weighted by atomic mass is 32.2. The molecule has 1 fully saturated rings. The number of carbonyl (C=O) groups excluding carboxylic acids is 1. The van der Waals surface area contributed by atoms with E-state index >= 15 is 0 Å². The highest BCUT2D eigenvalue weighted by Gasteiger charge is 2.35. The van der Waals surface area contributed by atoms with Gasteiger partial charge in [-0.2, -0.15) is 4.31 Å². The van der Waals surface area contributed by atoms with E-state index in [0.29, 0.717) is 18.1 Å². The average Bonchev–Trinajstić information content (AvgIpc) is 2.80. The molecule has 34 heavy (non-hydrogen) atoms. The molecule has 1 aliphatic carbocycles. The molecular formula is C24H33NO8S. The van der Waals surface area contributed by atoms with E-state index in [0.717, 1.165) is 23.6 Å². The predicted octanol–water partition coefficient (Wildman–Crippen LogP) is 2.47. The number of hydrogen-bond donors (Lipinski definition) is 1. The zero-order chi connectivity index (χ0) is 24.6. The molecule has 0 unspecified atom stereocenters. The number of esters is 1. The monoisotopic (exact) mass is 495 g/mol. The second kappa shape index (κ2) is 12.3. The molecule has 0 amide bonds. The Hall–Kier alpha value is -2.40. The van der Waals surface area contributed by atoms with Crippen LogP contribution in [-0.2, 0) is 29.0 Å². The Labute approximate surface area is 201 Å². The molecule has 1 heterocycles. The van der Waals surface area contributed by atoms with Gasteiger partial charge in [0, 0.05) is 19.5 Å². The van der Waals surface area contributed by atoms with Gasteiger partial charge in [0.25, 0.3) is 0 Å². The van der Waals surface area contributed by atoms with E-state index in [-0.39, 0.29) is 49.5 Å². The summed E-state index contributed by atoms with van der Waals surface area (Å²) in [7, 11) is -2.34. The van der Waals surface area contributed by atoms with Gasteiger partial charge >= 0.3 is 5.97 Å². The van der Waals surface area contributed by atoms with Gasteiger partial charge in [-0.25, -0.2) is 13.2 Å². The number of hydrogen-bond acceptors (Lipinski definition) is 8. The predicted molar refractivity (Wildman–Crippen MR) is 124 cm³/mol. The van der Waals surface area contributed by atoms with Crippen LogP contribution in [0.5, 0.6) is 5.75 Å². The lowest BCUT2D eigenvalue weighted by molar-refractivity contribution is -0.164. The number of aliphatic hydroxyl groups excluding tert-OH is 1. The summed E-state index contributed by atoms with van der Waals surface area (Å²) in [6, 6.07) is 6.05. The van der Waals surface area contributed by atoms with Crippen LogP contribution in [0, 0.1) is 11.8 Å². The van der Waals surface area contributed by atoms with Gasteiger partial charge in [-0.3, -0.25) is 0 Å². The fourth-order valence-electron chi connectivity index (χ4n) is 3.98. The third kappa shape index (κ3) is 6.59. The van der Waals surface area contributed by atoms with E-state index in [1.165, 1.54) is 25.3 Å². The van der Waals surface area contributed by atoms with Gasteiger partial charge in [0.15, 0.2) is 0 Å². The molecule has 0 aromatic heterocycles. The van der Waals surface area contributed by atoms with Gasteiger partial charge in [0.05, 0.1) is 25.2 Å². The summed E-state index contributed by atoms with van der Waals surface area (Å²) in [5, 5.41) is 9.42. The van der Waals surface area contributed by atoms with Crippen molar-refractivity contribution in [1.29, 1.82) is 0 Å². The van der Waals surface area contributed by atoms with Crippen LogP contribution >= 0.6 is 0 Å². The number of benzene rings is 1. The van der Waals surface area contributed by atoms with Gasteiger partial charge in [-0.05, 0) is 55.0 Å². The number of nitrogens with zero attached hydrogens (tertiary/aromatic N) is 1. The van der Waals surface area contributed by atoms with E-state index in [9.17, 15) is 18.3 Å². The molecule has 0 saturated heterocycles. The average molecular weight is 496 g/mol. The Balaban J connectivity index is 1.63. The molecule has 0 spiro atoms. The first-order chi connectivity index (χ1) is 16.4. The van der Waals surface area contributed by atoms with Crippen molar-refractivity contribution in [3.63, 3.8) is 0 Å². The molecule has 2 atom stereocenters. The van der Waals surface area contributed by atoms with Gasteiger partial charge in [-0.15, -0.1) is 0 Å². The summed E-state index contributed by atoms with van der Waals surface area (Å²) >= 11 is 0. The minimum Gasteiger partial charge on any atom is -0.497 e. The first-order valence-electron chi connectivity index (χ1n) is 11.4. The summed E-state index contributed by atoms with van der Waals surface area (Å²) in [6.07, 6.45) is 6.53. The summed E-state index contributed by atoms with van der Waals surface area (Å²) < 4.78 is 49.0. The van der Waals surface area contributed by atoms with Crippen molar-refractivity contribution < 1.29 is 37.3 Å². The fourth-order valence-corrected chi connectivity index (χ4v) is 5.40. The standard InChI is InChI=1S/C24H33NO8S/c1-3-14-32-24(27)22-16-19(18-5-4-6-18)17-23(33-22)31-15-12-25(11-13-26)34(28,29)21-9-7-20(30-2)8-10-21/h3,7-10,16,18-19,23,26H,1,4-6,11-15,17H2,2H3/t19-,23+/m0/s1. The molecule has 0 radical (unpaired) electrons. The van der Waals surface area contributed by atoms with Crippen molar-refractivity contribution in [3.8, 4) is 5.75 Å². The smallest absolute Gasteiger partial charge is 0.373 e. The molecule has 188 valence electrons. The van der Waals surface area contributed by atoms with Crippen LogP contribution in [0.2, 0.25) is 0 Å². The topological polar surface area (TPSA) is 112 Å². The van der Waals surface area contributed by atoms with Gasteiger partial charge in [-0.1, -0.05) is 19.1 Å². The van der Waals surface area contributed by atoms with Crippen LogP contribution in [0.3, 0.4) is 0 Å². The first kappa shape index (κ1) is 26.2. The number of carbonyl (C=O) groups is 1. The van der Waals surface area contributed by atoms with E-state index in [1.807, 2.05) is 6.08 Å². The van der Waals surface area contributed by atoms with Crippen molar-refractivity contribution in [2.45, 2.75) is 36.9 Å². The minimum atomic E-state index is -3.84. The van der Waals surface area contributed by atoms with Gasteiger partial charge in [0.2, 0.25) is 22.1 Å². The normalized spacial score (nSPS) is 20.7. The molecule has 1 N–H and O–H groups in total. The number of methoxy groups -OCH3 is 1. The number of aliphatic hydroxyl groups is 1. The quantitative estimate of drug-likeness (QED) is 0.328. The van der Waals surface area contributed by atoms with Crippen LogP contribution < -0.4 is 4.74 Å². The molecule has 3 rings (SSSR count). The van der Waals surface area contributed by atoms with E-state index < -0.39 is 22.3 Å². The third-order valence-corrected chi connectivity index (χ3v) is 7.98. The maximum absolute atomic E-state index is 13.0. The summed E-state index contributed by atoms with van der Waals surface area (Å²) in [4.78, 5) is 12.4. The largest absolute Gasteiger partial charge is 0.497 e. The lowest BCUT2D eigenvalue weighted by atomic mass is 9.73. The maximum atomic E-state index is 13.0. The summed E-state index contributed by atoms with van der Waals surface area (Å²) in [6.45, 7) is 3.26. The van der Waals surface area contributed by atoms with Crippen molar-refractivity contribution in [2.75, 3.05) is 40.0 Å². The van der Waals surface area contributed by atoms with Crippen LogP contribution in [-0.4, -0.2) is 70.1 Å². The Morgan fingerprint density at radius 1 is 1.26 bits per heavy atom. The summed E-state index contributed by atoms with van der Waals surface area (Å²) in [5.74, 6) is 0.699. The Morgan fingerprint density at radius 2 is 2.00 bits per heavy atom. The first-order valence-corrected chi connectivity index (χ1v) is 12.9. The Kier molecular flexibility index (Phi) is 9.52. The van der Waals surface area contributed by atoms with E-state index in [4.69, 9.17) is 18.9 Å². The number of allylic oxidation sites excluding steroid dienone is 1. The minimum absolute atomic E-state index is 0.0167. The fraction of sp³-hybridized carbons (Fsp3) is 0.542. The highest BCUT2D eigenvalue weighted by Crippen LogP contribution is 2.40. The lowest BCUT2D eigenvalue weighted by Crippen LogP contribution is -2.38. The summed E-state index contributed by atoms with van der Waals surface area (Å²) in [5.41, 5.74) is 0. The second-order valence-corrected chi connectivity index (χ2v) is 10.2. The van der Waals surface area contributed by atoms with Crippen LogP contribution in [0.15, 0.2) is 53.7 Å². The van der Waals surface area contributed by atoms with E-state index in [1.54, 1.807) is 12.1 Å². The second-order valence-electron chi connectivity index (χ2n) is 8.23. The van der Waals surface area contributed by atoms with Crippen LogP contribution in [0.4, 0.5) is 0 Å². The number of ether oxygens (including phenoxy) is 4. The molecule has 1 aliphatic heterocycles. The SMILES string of the molecule is C=CCOC(=O)C1=C[C@H](C2CCC2)C[C@H](OCCN(CCO)S(=O)(=O)c2ccc(OC)cc2)O1. The van der Waals surface area contributed by atoms with Gasteiger partial charge in [0.1, 0.15) is 12.4 Å². The zero-order valence-electron chi connectivity index (χ0n) is 19.4. The maximum Gasteiger partial charge on any atom is 0.373 e. The Morgan fingerprint density at radius 3 is 2.59 bits per heavy atom. The molecule has 1 aromatic carbocycles. The van der Waals surface area contributed by atoms with Crippen molar-refractivity contribution in [1.82, 2.24) is 4.31 Å².